The average molecular weight is 223 g/mol. The summed E-state index contributed by atoms with van der Waals surface area (Å²) >= 11 is 0. The molecule has 2 rings (SSSR count). The molecule has 1 amide bonds. The molecule has 1 aromatic rings. The first kappa shape index (κ1) is 10.7. The molecule has 0 spiro atoms. The van der Waals surface area contributed by atoms with Crippen molar-refractivity contribution in [2.24, 2.45) is 13.0 Å². The molecular formula is C10H13N3O3. The Morgan fingerprint density at radius 3 is 2.94 bits per heavy atom. The van der Waals surface area contributed by atoms with E-state index in [4.69, 9.17) is 5.11 Å². The van der Waals surface area contributed by atoms with Crippen LogP contribution in [0.2, 0.25) is 0 Å². The molecule has 1 fully saturated rings. The lowest BCUT2D eigenvalue weighted by Gasteiger charge is -2.13. The Morgan fingerprint density at radius 2 is 2.44 bits per heavy atom. The number of hydrogen-bond acceptors (Lipinski definition) is 3. The van der Waals surface area contributed by atoms with E-state index in [-0.39, 0.29) is 18.9 Å². The molecule has 1 unspecified atom stereocenters. The second-order valence-electron chi connectivity index (χ2n) is 3.99. The summed E-state index contributed by atoms with van der Waals surface area (Å²) in [5, 5.41) is 13.0. The van der Waals surface area contributed by atoms with Gasteiger partial charge in [-0.15, -0.1) is 0 Å². The van der Waals surface area contributed by atoms with E-state index in [9.17, 15) is 9.59 Å². The highest BCUT2D eigenvalue weighted by atomic mass is 16.4. The monoisotopic (exact) mass is 223 g/mol. The zero-order valence-corrected chi connectivity index (χ0v) is 8.96. The lowest BCUT2D eigenvalue weighted by Crippen LogP contribution is -2.26. The molecule has 0 radical (unpaired) electrons. The zero-order chi connectivity index (χ0) is 11.7. The maximum Gasteiger partial charge on any atom is 0.308 e. The normalized spacial score (nSPS) is 20.4. The Balaban J connectivity index is 2.01. The molecule has 0 saturated carbocycles. The van der Waals surface area contributed by atoms with Crippen molar-refractivity contribution in [3.05, 3.63) is 18.0 Å². The summed E-state index contributed by atoms with van der Waals surface area (Å²) in [5.41, 5.74) is 0.780. The molecular weight excluding hydrogens is 210 g/mol. The average Bonchev–Trinajstić information content (AvgIpc) is 2.75. The van der Waals surface area contributed by atoms with Crippen molar-refractivity contribution < 1.29 is 14.7 Å². The first-order valence-corrected chi connectivity index (χ1v) is 5.05. The van der Waals surface area contributed by atoms with Gasteiger partial charge in [-0.1, -0.05) is 0 Å². The number of carboxylic acid groups (broad SMARTS) is 1. The SMILES string of the molecule is Cn1ccc(CN2CC(C(=O)O)CC2=O)n1. The largest absolute Gasteiger partial charge is 0.481 e. The van der Waals surface area contributed by atoms with Crippen LogP contribution in [0.1, 0.15) is 12.1 Å². The fourth-order valence-electron chi connectivity index (χ4n) is 1.83. The van der Waals surface area contributed by atoms with Gasteiger partial charge in [0.25, 0.3) is 0 Å². The van der Waals surface area contributed by atoms with Gasteiger partial charge in [-0.05, 0) is 6.07 Å². The van der Waals surface area contributed by atoms with Gasteiger partial charge in [0.1, 0.15) is 0 Å². The Hall–Kier alpha value is -1.85. The number of hydrogen-bond donors (Lipinski definition) is 1. The van der Waals surface area contributed by atoms with E-state index in [2.05, 4.69) is 5.10 Å². The van der Waals surface area contributed by atoms with Crippen molar-refractivity contribution in [3.8, 4) is 0 Å². The minimum atomic E-state index is -0.906. The number of likely N-dealkylation sites (tertiary alicyclic amines) is 1. The molecule has 1 aliphatic heterocycles. The highest BCUT2D eigenvalue weighted by Gasteiger charge is 2.34. The molecule has 2 heterocycles. The van der Waals surface area contributed by atoms with Crippen molar-refractivity contribution in [2.45, 2.75) is 13.0 Å². The number of aliphatic carboxylic acids is 1. The molecule has 86 valence electrons. The van der Waals surface area contributed by atoms with E-state index < -0.39 is 11.9 Å². The van der Waals surface area contributed by atoms with Crippen molar-refractivity contribution in [1.29, 1.82) is 0 Å². The smallest absolute Gasteiger partial charge is 0.308 e. The topological polar surface area (TPSA) is 75.4 Å². The second kappa shape index (κ2) is 3.96. The van der Waals surface area contributed by atoms with E-state index >= 15 is 0 Å². The molecule has 0 aromatic carbocycles. The molecule has 1 atom stereocenters. The summed E-state index contributed by atoms with van der Waals surface area (Å²) in [6, 6.07) is 1.82. The van der Waals surface area contributed by atoms with Crippen molar-refractivity contribution in [2.75, 3.05) is 6.54 Å². The lowest BCUT2D eigenvalue weighted by atomic mass is 10.1. The van der Waals surface area contributed by atoms with Crippen LogP contribution in [-0.4, -0.2) is 38.2 Å². The van der Waals surface area contributed by atoms with Gasteiger partial charge in [0.05, 0.1) is 18.2 Å². The fraction of sp³-hybridized carbons (Fsp3) is 0.500. The Labute approximate surface area is 92.5 Å². The van der Waals surface area contributed by atoms with Gasteiger partial charge in [-0.3, -0.25) is 14.3 Å². The third-order valence-corrected chi connectivity index (χ3v) is 2.69. The number of rotatable bonds is 3. The number of aromatic nitrogens is 2. The van der Waals surface area contributed by atoms with Crippen LogP contribution in [0, 0.1) is 5.92 Å². The summed E-state index contributed by atoms with van der Waals surface area (Å²) in [6.45, 7) is 0.675. The van der Waals surface area contributed by atoms with E-state index in [1.165, 1.54) is 0 Å². The van der Waals surface area contributed by atoms with E-state index in [1.807, 2.05) is 6.07 Å². The highest BCUT2D eigenvalue weighted by Crippen LogP contribution is 2.19. The van der Waals surface area contributed by atoms with E-state index in [0.29, 0.717) is 6.54 Å². The molecule has 1 N–H and O–H groups in total. The van der Waals surface area contributed by atoms with Crippen LogP contribution in [0.25, 0.3) is 0 Å². The van der Waals surface area contributed by atoms with Crippen molar-refractivity contribution >= 4 is 11.9 Å². The fourth-order valence-corrected chi connectivity index (χ4v) is 1.83. The van der Waals surface area contributed by atoms with Crippen LogP contribution in [-0.2, 0) is 23.2 Å². The predicted octanol–water partition coefficient (Wildman–Crippen LogP) is -0.147. The minimum absolute atomic E-state index is 0.0994. The van der Waals surface area contributed by atoms with Crippen LogP contribution in [0.4, 0.5) is 0 Å². The summed E-state index contributed by atoms with van der Waals surface area (Å²) < 4.78 is 1.66. The predicted molar refractivity (Wildman–Crippen MR) is 54.4 cm³/mol. The molecule has 0 bridgehead atoms. The standard InChI is InChI=1S/C10H13N3O3/c1-12-3-2-8(11-12)6-13-5-7(10(15)16)4-9(13)14/h2-3,7H,4-6H2,1H3,(H,15,16). The maximum atomic E-state index is 11.5. The van der Waals surface area contributed by atoms with Gasteiger partial charge >= 0.3 is 5.97 Å². The summed E-state index contributed by atoms with van der Waals surface area (Å²) in [7, 11) is 1.80. The van der Waals surface area contributed by atoms with Gasteiger partial charge in [0.2, 0.25) is 5.91 Å². The second-order valence-corrected chi connectivity index (χ2v) is 3.99. The number of amides is 1. The number of carbonyl (C=O) groups excluding carboxylic acids is 1. The number of nitrogens with zero attached hydrogens (tertiary/aromatic N) is 3. The van der Waals surface area contributed by atoms with Gasteiger partial charge in [0, 0.05) is 26.2 Å². The first-order valence-electron chi connectivity index (χ1n) is 5.05. The quantitative estimate of drug-likeness (QED) is 0.773. The van der Waals surface area contributed by atoms with Gasteiger partial charge in [-0.25, -0.2) is 0 Å². The minimum Gasteiger partial charge on any atom is -0.481 e. The van der Waals surface area contributed by atoms with Crippen molar-refractivity contribution in [3.63, 3.8) is 0 Å². The molecule has 1 saturated heterocycles. The van der Waals surface area contributed by atoms with Crippen molar-refractivity contribution in [1.82, 2.24) is 14.7 Å². The lowest BCUT2D eigenvalue weighted by molar-refractivity contribution is -0.141. The Bertz CT molecular complexity index is 427. The van der Waals surface area contributed by atoms with Gasteiger partial charge in [0.15, 0.2) is 0 Å². The zero-order valence-electron chi connectivity index (χ0n) is 8.96. The Morgan fingerprint density at radius 1 is 1.69 bits per heavy atom. The molecule has 0 aliphatic carbocycles. The van der Waals surface area contributed by atoms with Crippen LogP contribution in [0.5, 0.6) is 0 Å². The summed E-state index contributed by atoms with van der Waals surface area (Å²) in [4.78, 5) is 23.8. The number of carbonyl (C=O) groups is 2. The molecule has 1 aromatic heterocycles. The number of carboxylic acids is 1. The molecule has 6 heteroatoms. The molecule has 16 heavy (non-hydrogen) atoms. The van der Waals surface area contributed by atoms with Gasteiger partial charge in [-0.2, -0.15) is 5.10 Å². The maximum absolute atomic E-state index is 11.5. The first-order chi connectivity index (χ1) is 7.56. The van der Waals surface area contributed by atoms with E-state index in [1.54, 1.807) is 22.8 Å². The summed E-state index contributed by atoms with van der Waals surface area (Å²) in [5.74, 6) is -1.59. The Kier molecular flexibility index (Phi) is 2.64. The van der Waals surface area contributed by atoms with Crippen LogP contribution < -0.4 is 0 Å². The third-order valence-electron chi connectivity index (χ3n) is 2.69. The third kappa shape index (κ3) is 2.05. The molecule has 1 aliphatic rings. The van der Waals surface area contributed by atoms with Crippen LogP contribution >= 0.6 is 0 Å². The highest BCUT2D eigenvalue weighted by molar-refractivity contribution is 5.85. The number of aryl methyl sites for hydroxylation is 1. The summed E-state index contributed by atoms with van der Waals surface area (Å²) in [6.07, 6.45) is 1.90. The van der Waals surface area contributed by atoms with Gasteiger partial charge < -0.3 is 10.0 Å². The molecule has 6 nitrogen and oxygen atoms in total. The van der Waals surface area contributed by atoms with Crippen LogP contribution in [0.15, 0.2) is 12.3 Å². The van der Waals surface area contributed by atoms with E-state index in [0.717, 1.165) is 5.69 Å². The van der Waals surface area contributed by atoms with Crippen LogP contribution in [0.3, 0.4) is 0 Å².